The van der Waals surface area contributed by atoms with E-state index in [1.807, 2.05) is 6.07 Å². The lowest BCUT2D eigenvalue weighted by Crippen LogP contribution is -2.48. The van der Waals surface area contributed by atoms with Crippen molar-refractivity contribution in [3.63, 3.8) is 0 Å². The molecule has 1 aliphatic heterocycles. The van der Waals surface area contributed by atoms with Crippen LogP contribution in [-0.2, 0) is 14.3 Å². The summed E-state index contributed by atoms with van der Waals surface area (Å²) in [6, 6.07) is 8.22. The number of benzene rings is 1. The molecule has 4 amide bonds. The van der Waals surface area contributed by atoms with Crippen molar-refractivity contribution in [1.29, 1.82) is 0 Å². The minimum absolute atomic E-state index is 0.0500. The van der Waals surface area contributed by atoms with Gasteiger partial charge in [0, 0.05) is 12.8 Å². The van der Waals surface area contributed by atoms with Crippen molar-refractivity contribution in [3.05, 3.63) is 30.3 Å². The second-order valence-corrected chi connectivity index (χ2v) is 5.00. The van der Waals surface area contributed by atoms with Gasteiger partial charge in [-0.1, -0.05) is 18.2 Å². The number of urea groups is 1. The number of carbonyl (C=O) groups is 3. The summed E-state index contributed by atoms with van der Waals surface area (Å²) >= 11 is 0. The average Bonchev–Trinajstić information content (AvgIpc) is 2.64. The molecule has 0 bridgehead atoms. The van der Waals surface area contributed by atoms with E-state index in [-0.39, 0.29) is 13.2 Å². The number of anilines is 1. The quantitative estimate of drug-likeness (QED) is 0.777. The van der Waals surface area contributed by atoms with Crippen LogP contribution in [-0.4, -0.2) is 48.5 Å². The maximum absolute atomic E-state index is 12.2. The minimum Gasteiger partial charge on any atom is -0.382 e. The molecule has 7 nitrogen and oxygen atoms in total. The van der Waals surface area contributed by atoms with Crippen LogP contribution in [0.1, 0.15) is 6.92 Å². The molecule has 1 aliphatic rings. The van der Waals surface area contributed by atoms with Gasteiger partial charge in [-0.05, 0) is 19.1 Å². The van der Waals surface area contributed by atoms with Gasteiger partial charge < -0.3 is 15.4 Å². The topological polar surface area (TPSA) is 87.7 Å². The normalized spacial score (nSPS) is 21.3. The Bertz CT molecular complexity index is 561. The van der Waals surface area contributed by atoms with Crippen LogP contribution in [0.25, 0.3) is 0 Å². The van der Waals surface area contributed by atoms with E-state index in [1.165, 1.54) is 7.11 Å². The molecule has 0 unspecified atom stereocenters. The lowest BCUT2D eigenvalue weighted by Gasteiger charge is -2.20. The number of hydrogen-bond acceptors (Lipinski definition) is 4. The van der Waals surface area contributed by atoms with E-state index in [0.717, 1.165) is 4.90 Å². The van der Waals surface area contributed by atoms with Gasteiger partial charge in [0.05, 0.1) is 6.61 Å². The van der Waals surface area contributed by atoms with Gasteiger partial charge in [0.15, 0.2) is 0 Å². The number of carbonyl (C=O) groups excluding carboxylic acids is 3. The Morgan fingerprint density at radius 1 is 1.33 bits per heavy atom. The average molecular weight is 291 g/mol. The summed E-state index contributed by atoms with van der Waals surface area (Å²) in [5.41, 5.74) is -0.520. The van der Waals surface area contributed by atoms with E-state index in [2.05, 4.69) is 10.6 Å². The zero-order valence-electron chi connectivity index (χ0n) is 11.9. The second kappa shape index (κ2) is 5.92. The summed E-state index contributed by atoms with van der Waals surface area (Å²) in [6.07, 6.45) is 0. The lowest BCUT2D eigenvalue weighted by molar-refractivity contribution is -0.134. The molecule has 112 valence electrons. The molecule has 2 rings (SSSR count). The Balaban J connectivity index is 2.01. The van der Waals surface area contributed by atoms with Crippen LogP contribution in [0, 0.1) is 0 Å². The molecular formula is C14H17N3O4. The van der Waals surface area contributed by atoms with Crippen molar-refractivity contribution in [3.8, 4) is 0 Å². The maximum Gasteiger partial charge on any atom is 0.325 e. The third kappa shape index (κ3) is 3.19. The molecular weight excluding hydrogens is 274 g/mol. The molecule has 0 aliphatic carbocycles. The first kappa shape index (κ1) is 15.0. The summed E-state index contributed by atoms with van der Waals surface area (Å²) in [6.45, 7) is 1.28. The van der Waals surface area contributed by atoms with Crippen molar-refractivity contribution in [2.24, 2.45) is 0 Å². The van der Waals surface area contributed by atoms with Gasteiger partial charge in [0.25, 0.3) is 5.91 Å². The zero-order chi connectivity index (χ0) is 15.5. The first-order valence-corrected chi connectivity index (χ1v) is 6.44. The predicted molar refractivity (Wildman–Crippen MR) is 75.6 cm³/mol. The first-order valence-electron chi connectivity index (χ1n) is 6.44. The highest BCUT2D eigenvalue weighted by Gasteiger charge is 2.48. The molecule has 0 radical (unpaired) electrons. The monoisotopic (exact) mass is 291 g/mol. The first-order chi connectivity index (χ1) is 9.96. The SMILES string of the molecule is COC[C@]1(C)NC(=O)N(CC(=O)Nc2ccccc2)C1=O. The van der Waals surface area contributed by atoms with E-state index in [9.17, 15) is 14.4 Å². The van der Waals surface area contributed by atoms with Gasteiger partial charge in [-0.3, -0.25) is 14.5 Å². The van der Waals surface area contributed by atoms with E-state index < -0.39 is 23.4 Å². The molecule has 1 atom stereocenters. The van der Waals surface area contributed by atoms with Crippen LogP contribution in [0.4, 0.5) is 10.5 Å². The van der Waals surface area contributed by atoms with E-state index >= 15 is 0 Å². The summed E-state index contributed by atoms with van der Waals surface area (Å²) in [7, 11) is 1.44. The summed E-state index contributed by atoms with van der Waals surface area (Å²) < 4.78 is 4.93. The predicted octanol–water partition coefficient (Wildman–Crippen LogP) is 0.582. The number of nitrogens with zero attached hydrogens (tertiary/aromatic N) is 1. The summed E-state index contributed by atoms with van der Waals surface area (Å²) in [5, 5.41) is 5.16. The highest BCUT2D eigenvalue weighted by Crippen LogP contribution is 2.18. The number of ether oxygens (including phenoxy) is 1. The molecule has 7 heteroatoms. The third-order valence-corrected chi connectivity index (χ3v) is 3.14. The highest BCUT2D eigenvalue weighted by molar-refractivity contribution is 6.10. The van der Waals surface area contributed by atoms with Crippen molar-refractivity contribution in [1.82, 2.24) is 10.2 Å². The van der Waals surface area contributed by atoms with Crippen LogP contribution in [0.5, 0.6) is 0 Å². The highest BCUT2D eigenvalue weighted by atomic mass is 16.5. The van der Waals surface area contributed by atoms with Gasteiger partial charge in [-0.15, -0.1) is 0 Å². The van der Waals surface area contributed by atoms with Crippen LogP contribution < -0.4 is 10.6 Å². The van der Waals surface area contributed by atoms with Crippen LogP contribution >= 0.6 is 0 Å². The molecule has 1 aromatic carbocycles. The van der Waals surface area contributed by atoms with Gasteiger partial charge >= 0.3 is 6.03 Å². The summed E-state index contributed by atoms with van der Waals surface area (Å²) in [5.74, 6) is -0.913. The molecule has 0 aromatic heterocycles. The molecule has 1 aromatic rings. The molecule has 0 spiro atoms. The Morgan fingerprint density at radius 2 is 2.00 bits per heavy atom. The number of imide groups is 1. The number of amides is 4. The standard InChI is InChI=1S/C14H17N3O4/c1-14(9-21-2)12(19)17(13(20)16-14)8-11(18)15-10-6-4-3-5-7-10/h3-7H,8-9H2,1-2H3,(H,15,18)(H,16,20)/t14-/m0/s1. The molecule has 1 heterocycles. The third-order valence-electron chi connectivity index (χ3n) is 3.14. The minimum atomic E-state index is -1.13. The number of methoxy groups -OCH3 is 1. The van der Waals surface area contributed by atoms with Crippen molar-refractivity contribution in [2.75, 3.05) is 25.6 Å². The van der Waals surface area contributed by atoms with Gasteiger partial charge in [-0.25, -0.2) is 4.79 Å². The Labute approximate surface area is 122 Å². The number of rotatable bonds is 5. The van der Waals surface area contributed by atoms with Crippen molar-refractivity contribution in [2.45, 2.75) is 12.5 Å². The van der Waals surface area contributed by atoms with Gasteiger partial charge in [0.1, 0.15) is 12.1 Å². The van der Waals surface area contributed by atoms with Gasteiger partial charge in [-0.2, -0.15) is 0 Å². The molecule has 1 saturated heterocycles. The number of hydrogen-bond donors (Lipinski definition) is 2. The van der Waals surface area contributed by atoms with Crippen LogP contribution in [0.2, 0.25) is 0 Å². The van der Waals surface area contributed by atoms with Crippen LogP contribution in [0.3, 0.4) is 0 Å². The Hall–Kier alpha value is -2.41. The van der Waals surface area contributed by atoms with Crippen molar-refractivity contribution < 1.29 is 19.1 Å². The van der Waals surface area contributed by atoms with E-state index in [0.29, 0.717) is 5.69 Å². The zero-order valence-corrected chi connectivity index (χ0v) is 11.9. The Morgan fingerprint density at radius 3 is 2.62 bits per heavy atom. The molecule has 0 saturated carbocycles. The molecule has 1 fully saturated rings. The van der Waals surface area contributed by atoms with Gasteiger partial charge in [0.2, 0.25) is 5.91 Å². The fourth-order valence-corrected chi connectivity index (χ4v) is 2.14. The number of para-hydroxylation sites is 1. The molecule has 21 heavy (non-hydrogen) atoms. The fraction of sp³-hybridized carbons (Fsp3) is 0.357. The van der Waals surface area contributed by atoms with E-state index in [4.69, 9.17) is 4.74 Å². The maximum atomic E-state index is 12.2. The largest absolute Gasteiger partial charge is 0.382 e. The summed E-state index contributed by atoms with van der Waals surface area (Å²) in [4.78, 5) is 36.8. The molecule has 2 N–H and O–H groups in total. The van der Waals surface area contributed by atoms with Crippen molar-refractivity contribution >= 4 is 23.5 Å². The lowest BCUT2D eigenvalue weighted by atomic mass is 10.0. The fourth-order valence-electron chi connectivity index (χ4n) is 2.14. The Kier molecular flexibility index (Phi) is 4.23. The second-order valence-electron chi connectivity index (χ2n) is 5.00. The number of nitrogens with one attached hydrogen (secondary N) is 2. The van der Waals surface area contributed by atoms with Crippen LogP contribution in [0.15, 0.2) is 30.3 Å². The van der Waals surface area contributed by atoms with E-state index in [1.54, 1.807) is 31.2 Å². The smallest absolute Gasteiger partial charge is 0.325 e.